The zero-order valence-corrected chi connectivity index (χ0v) is 19.4. The van der Waals surface area contributed by atoms with Crippen LogP contribution in [0.1, 0.15) is 11.1 Å². The summed E-state index contributed by atoms with van der Waals surface area (Å²) in [4.78, 5) is 12.5. The van der Waals surface area contributed by atoms with Crippen LogP contribution in [0, 0.1) is 18.3 Å². The molecule has 0 bridgehead atoms. The lowest BCUT2D eigenvalue weighted by Crippen LogP contribution is -2.19. The number of amides is 2. The topological polar surface area (TPSA) is 103 Å². The molecule has 0 radical (unpaired) electrons. The molecule has 0 spiro atoms. The van der Waals surface area contributed by atoms with E-state index in [9.17, 15) is 10.1 Å². The summed E-state index contributed by atoms with van der Waals surface area (Å²) in [7, 11) is 0. The van der Waals surface area contributed by atoms with Gasteiger partial charge in [-0.1, -0.05) is 36.4 Å². The van der Waals surface area contributed by atoms with Crippen molar-refractivity contribution in [2.75, 3.05) is 16.0 Å². The molecule has 176 valence electrons. The number of rotatable bonds is 6. The molecule has 0 saturated carbocycles. The van der Waals surface area contributed by atoms with Crippen LogP contribution in [-0.2, 0) is 0 Å². The number of carbonyl (C=O) groups excluding carboxylic acids is 1. The molecule has 0 aliphatic rings. The van der Waals surface area contributed by atoms with Crippen LogP contribution in [-0.4, -0.2) is 15.6 Å². The predicted molar refractivity (Wildman–Crippen MR) is 140 cm³/mol. The molecule has 2 amide bonds. The first-order chi connectivity index (χ1) is 17.6. The number of nitrogens with one attached hydrogen (secondary N) is 3. The van der Waals surface area contributed by atoms with Crippen molar-refractivity contribution in [2.45, 2.75) is 6.92 Å². The van der Waals surface area contributed by atoms with E-state index in [4.69, 9.17) is 4.74 Å². The van der Waals surface area contributed by atoms with E-state index in [2.05, 4.69) is 27.1 Å². The van der Waals surface area contributed by atoms with Crippen LogP contribution in [0.25, 0.3) is 5.52 Å². The van der Waals surface area contributed by atoms with Gasteiger partial charge in [-0.05, 0) is 55.5 Å². The minimum absolute atomic E-state index is 0.371. The van der Waals surface area contributed by atoms with E-state index >= 15 is 0 Å². The number of benzene rings is 3. The Labute approximate surface area is 207 Å². The number of aromatic nitrogens is 2. The molecule has 0 fully saturated rings. The summed E-state index contributed by atoms with van der Waals surface area (Å²) < 4.78 is 7.50. The molecule has 5 rings (SSSR count). The zero-order valence-electron chi connectivity index (χ0n) is 19.4. The van der Waals surface area contributed by atoms with E-state index in [0.29, 0.717) is 33.9 Å². The Balaban J connectivity index is 1.40. The molecule has 0 saturated heterocycles. The van der Waals surface area contributed by atoms with E-state index in [1.54, 1.807) is 10.7 Å². The highest BCUT2D eigenvalue weighted by Gasteiger charge is 2.17. The molecule has 2 aromatic heterocycles. The lowest BCUT2D eigenvalue weighted by Gasteiger charge is -2.12. The van der Waals surface area contributed by atoms with Crippen LogP contribution in [0.3, 0.4) is 0 Å². The third kappa shape index (κ3) is 4.81. The lowest BCUT2D eigenvalue weighted by atomic mass is 10.1. The molecule has 3 N–H and O–H groups in total. The Morgan fingerprint density at radius 1 is 0.889 bits per heavy atom. The van der Waals surface area contributed by atoms with Crippen molar-refractivity contribution >= 4 is 34.3 Å². The fraction of sp³-hybridized carbons (Fsp3) is 0.0357. The predicted octanol–water partition coefficient (Wildman–Crippen LogP) is 6.69. The molecule has 0 aliphatic carbocycles. The quantitative estimate of drug-likeness (QED) is 0.254. The molecule has 8 nitrogen and oxygen atoms in total. The smallest absolute Gasteiger partial charge is 0.323 e. The molecule has 0 atom stereocenters. The van der Waals surface area contributed by atoms with E-state index in [1.807, 2.05) is 91.9 Å². The third-order valence-corrected chi connectivity index (χ3v) is 5.56. The number of hydrogen-bond donors (Lipinski definition) is 3. The number of ether oxygens (including phenoxy) is 1. The van der Waals surface area contributed by atoms with E-state index in [-0.39, 0.29) is 6.03 Å². The summed E-state index contributed by atoms with van der Waals surface area (Å²) in [6.07, 6.45) is 3.22. The number of aryl methyl sites for hydroxylation is 1. The van der Waals surface area contributed by atoms with Gasteiger partial charge in [0.25, 0.3) is 0 Å². The normalized spacial score (nSPS) is 10.4. The minimum Gasteiger partial charge on any atom is -0.457 e. The van der Waals surface area contributed by atoms with Gasteiger partial charge in [0, 0.05) is 16.9 Å². The van der Waals surface area contributed by atoms with Crippen molar-refractivity contribution in [3.63, 3.8) is 0 Å². The van der Waals surface area contributed by atoms with E-state index in [0.717, 1.165) is 17.0 Å². The highest BCUT2D eigenvalue weighted by atomic mass is 16.5. The highest BCUT2D eigenvalue weighted by molar-refractivity contribution is 6.01. The second kappa shape index (κ2) is 9.91. The molecule has 8 heteroatoms. The maximum atomic E-state index is 12.5. The molecule has 0 unspecified atom stereocenters. The van der Waals surface area contributed by atoms with Crippen molar-refractivity contribution in [1.29, 1.82) is 5.26 Å². The Hall–Kier alpha value is -5.29. The highest BCUT2D eigenvalue weighted by Crippen LogP contribution is 2.33. The van der Waals surface area contributed by atoms with Crippen LogP contribution in [0.15, 0.2) is 97.3 Å². The standard InChI is InChI=1S/C28H22N6O2/c1-19-25(33-28(35)32-21-8-4-2-5-9-21)18-34-27(19)26(20(16-29)17-30-34)31-22-12-14-24(15-13-22)36-23-10-6-3-7-11-23/h2-15,17-18,31H,1H3,(H2,32,33,35). The van der Waals surface area contributed by atoms with Crippen LogP contribution >= 0.6 is 0 Å². The number of urea groups is 1. The van der Waals surface area contributed by atoms with Gasteiger partial charge in [-0.2, -0.15) is 10.4 Å². The number of nitrogens with zero attached hydrogens (tertiary/aromatic N) is 3. The Morgan fingerprint density at radius 3 is 2.25 bits per heavy atom. The Kier molecular flexibility index (Phi) is 6.19. The molecular weight excluding hydrogens is 452 g/mol. The van der Waals surface area contributed by atoms with Gasteiger partial charge in [-0.25, -0.2) is 9.31 Å². The van der Waals surface area contributed by atoms with Crippen molar-refractivity contribution in [2.24, 2.45) is 0 Å². The van der Waals surface area contributed by atoms with Gasteiger partial charge in [0.2, 0.25) is 0 Å². The molecule has 36 heavy (non-hydrogen) atoms. The first-order valence-electron chi connectivity index (χ1n) is 11.2. The number of hydrogen-bond acceptors (Lipinski definition) is 5. The average molecular weight is 475 g/mol. The largest absolute Gasteiger partial charge is 0.457 e. The van der Waals surface area contributed by atoms with Gasteiger partial charge < -0.3 is 20.7 Å². The van der Waals surface area contributed by atoms with E-state index in [1.165, 1.54) is 6.20 Å². The van der Waals surface area contributed by atoms with Crippen molar-refractivity contribution in [1.82, 2.24) is 9.61 Å². The van der Waals surface area contributed by atoms with Crippen LogP contribution < -0.4 is 20.7 Å². The van der Waals surface area contributed by atoms with Crippen LogP contribution in [0.5, 0.6) is 11.5 Å². The van der Waals surface area contributed by atoms with Gasteiger partial charge in [0.1, 0.15) is 17.6 Å². The van der Waals surface area contributed by atoms with Gasteiger partial charge in [-0.15, -0.1) is 0 Å². The number of carbonyl (C=O) groups is 1. The Bertz CT molecular complexity index is 1560. The maximum absolute atomic E-state index is 12.5. The number of fused-ring (bicyclic) bond motifs is 1. The van der Waals surface area contributed by atoms with Gasteiger partial charge in [0.05, 0.1) is 34.8 Å². The second-order valence-electron chi connectivity index (χ2n) is 8.02. The van der Waals surface area contributed by atoms with E-state index < -0.39 is 0 Å². The van der Waals surface area contributed by atoms with Crippen molar-refractivity contribution in [3.05, 3.63) is 108 Å². The monoisotopic (exact) mass is 474 g/mol. The van der Waals surface area contributed by atoms with Crippen molar-refractivity contribution in [3.8, 4) is 17.6 Å². The SMILES string of the molecule is Cc1c(NC(=O)Nc2ccccc2)cn2ncc(C#N)c(Nc3ccc(Oc4ccccc4)cc3)c12. The molecule has 5 aromatic rings. The number of anilines is 4. The fourth-order valence-electron chi connectivity index (χ4n) is 3.81. The van der Waals surface area contributed by atoms with Crippen LogP contribution in [0.2, 0.25) is 0 Å². The summed E-state index contributed by atoms with van der Waals surface area (Å²) in [6.45, 7) is 1.87. The fourth-order valence-corrected chi connectivity index (χ4v) is 3.81. The minimum atomic E-state index is -0.371. The van der Waals surface area contributed by atoms with Gasteiger partial charge >= 0.3 is 6.03 Å². The van der Waals surface area contributed by atoms with Crippen molar-refractivity contribution < 1.29 is 9.53 Å². The number of nitriles is 1. The third-order valence-electron chi connectivity index (χ3n) is 5.56. The van der Waals surface area contributed by atoms with Gasteiger partial charge in [0.15, 0.2) is 0 Å². The summed E-state index contributed by atoms with van der Waals surface area (Å²) in [5.41, 5.74) is 4.48. The average Bonchev–Trinajstić information content (AvgIpc) is 3.21. The maximum Gasteiger partial charge on any atom is 0.323 e. The number of para-hydroxylation sites is 2. The molecule has 3 aromatic carbocycles. The van der Waals surface area contributed by atoms with Crippen LogP contribution in [0.4, 0.5) is 27.5 Å². The second-order valence-corrected chi connectivity index (χ2v) is 8.02. The summed E-state index contributed by atoms with van der Waals surface area (Å²) in [6, 6.07) is 28.0. The summed E-state index contributed by atoms with van der Waals surface area (Å²) in [5.74, 6) is 1.45. The van der Waals surface area contributed by atoms with Gasteiger partial charge in [-0.3, -0.25) is 0 Å². The molecule has 2 heterocycles. The Morgan fingerprint density at radius 2 is 1.56 bits per heavy atom. The zero-order chi connectivity index (χ0) is 24.9. The molecular formula is C28H22N6O2. The summed E-state index contributed by atoms with van der Waals surface area (Å²) >= 11 is 0. The molecule has 0 aliphatic heterocycles. The lowest BCUT2D eigenvalue weighted by molar-refractivity contribution is 0.262. The first-order valence-corrected chi connectivity index (χ1v) is 11.2. The summed E-state index contributed by atoms with van der Waals surface area (Å²) in [5, 5.41) is 23.1. The first kappa shape index (κ1) is 22.5.